The Kier molecular flexibility index (Phi) is 4.61. The van der Waals surface area contributed by atoms with Gasteiger partial charge in [0, 0.05) is 10.8 Å². The molecule has 13 nitrogen and oxygen atoms in total. The van der Waals surface area contributed by atoms with Crippen LogP contribution in [0.2, 0.25) is 0 Å². The first kappa shape index (κ1) is 21.6. The van der Waals surface area contributed by atoms with E-state index in [-0.39, 0.29) is 0 Å². The minimum absolute atomic E-state index is 0.374. The molecule has 0 atom stereocenters. The summed E-state index contributed by atoms with van der Waals surface area (Å²) in [6.07, 6.45) is 0. The number of hydrogen-bond acceptors (Lipinski definition) is 8. The van der Waals surface area contributed by atoms with Crippen molar-refractivity contribution in [2.45, 2.75) is 19.6 Å². The third kappa shape index (κ3) is 3.85. The lowest BCUT2D eigenvalue weighted by atomic mass is 10.1. The highest BCUT2D eigenvalue weighted by Gasteiger charge is 2.27. The van der Waals surface area contributed by atoms with E-state index in [0.717, 1.165) is 0 Å². The molecular formula is C12H9NO12S4. The Morgan fingerprint density at radius 1 is 0.517 bits per heavy atom. The van der Waals surface area contributed by atoms with E-state index in [1.54, 1.807) is 0 Å². The molecular weight excluding hydrogens is 478 g/mol. The second kappa shape index (κ2) is 6.19. The Morgan fingerprint density at radius 2 is 0.828 bits per heavy atom. The van der Waals surface area contributed by atoms with Crippen LogP contribution >= 0.6 is 0 Å². The Balaban J connectivity index is 2.73. The number of aromatic amines is 1. The summed E-state index contributed by atoms with van der Waals surface area (Å²) in [5, 5.41) is -0.920. The molecule has 0 fully saturated rings. The fourth-order valence-electron chi connectivity index (χ4n) is 2.69. The molecule has 5 N–H and O–H groups in total. The van der Waals surface area contributed by atoms with Gasteiger partial charge in [0.25, 0.3) is 40.5 Å². The van der Waals surface area contributed by atoms with Gasteiger partial charge in [-0.1, -0.05) is 0 Å². The minimum atomic E-state index is -5.13. The van der Waals surface area contributed by atoms with E-state index in [0.29, 0.717) is 24.3 Å². The molecule has 0 radical (unpaired) electrons. The van der Waals surface area contributed by atoms with Crippen LogP contribution in [0.25, 0.3) is 21.8 Å². The minimum Gasteiger partial charge on any atom is -0.352 e. The van der Waals surface area contributed by atoms with E-state index in [1.165, 1.54) is 0 Å². The van der Waals surface area contributed by atoms with Crippen LogP contribution in [0.4, 0.5) is 0 Å². The van der Waals surface area contributed by atoms with Crippen LogP contribution in [0.15, 0.2) is 43.8 Å². The number of aromatic nitrogens is 1. The summed E-state index contributed by atoms with van der Waals surface area (Å²) in [5.41, 5.74) is -1.13. The van der Waals surface area contributed by atoms with Gasteiger partial charge < -0.3 is 4.98 Å². The molecule has 17 heteroatoms. The molecule has 2 aromatic carbocycles. The molecule has 29 heavy (non-hydrogen) atoms. The van der Waals surface area contributed by atoms with Crippen molar-refractivity contribution in [3.05, 3.63) is 24.3 Å². The maximum Gasteiger partial charge on any atom is 0.296 e. The number of benzene rings is 2. The van der Waals surface area contributed by atoms with E-state index in [2.05, 4.69) is 4.98 Å². The molecule has 3 rings (SSSR count). The van der Waals surface area contributed by atoms with E-state index >= 15 is 0 Å². The molecule has 3 aromatic rings. The quantitative estimate of drug-likeness (QED) is 0.313. The number of nitrogens with one attached hydrogen (secondary N) is 1. The topological polar surface area (TPSA) is 233 Å². The first-order valence-corrected chi connectivity index (χ1v) is 12.7. The lowest BCUT2D eigenvalue weighted by molar-refractivity contribution is 0.477. The van der Waals surface area contributed by atoms with Gasteiger partial charge in [-0.05, 0) is 24.3 Å². The molecule has 1 heterocycles. The van der Waals surface area contributed by atoms with Gasteiger partial charge >= 0.3 is 0 Å². The maximum absolute atomic E-state index is 11.7. The fraction of sp³-hybridized carbons (Fsp3) is 0. The smallest absolute Gasteiger partial charge is 0.296 e. The largest absolute Gasteiger partial charge is 0.352 e. The van der Waals surface area contributed by atoms with Crippen LogP contribution in [-0.4, -0.2) is 56.9 Å². The van der Waals surface area contributed by atoms with Crippen molar-refractivity contribution < 1.29 is 51.9 Å². The highest BCUT2D eigenvalue weighted by Crippen LogP contribution is 2.36. The summed E-state index contributed by atoms with van der Waals surface area (Å²) < 4.78 is 130. The average Bonchev–Trinajstić information content (AvgIpc) is 2.87. The highest BCUT2D eigenvalue weighted by atomic mass is 32.2. The third-order valence-electron chi connectivity index (χ3n) is 3.84. The molecule has 0 bridgehead atoms. The molecule has 0 amide bonds. The standard InChI is InChI=1S/C12H9NO12S4/c14-26(15,16)5-1-7-8-2-6(27(17,18)19)4-10(29(23,24)25)12(8)13-11(7)9(3-5)28(20,21)22/h1-4,13H,(H,14,15,16)(H,17,18,19)(H,20,21,22)(H,23,24,25). The SMILES string of the molecule is O=S(=O)(O)c1cc(S(=O)(=O)O)c2[nH]c3c(S(=O)(=O)O)cc(S(=O)(=O)O)cc3c2c1. The first-order chi connectivity index (χ1) is 12.9. The van der Waals surface area contributed by atoms with Crippen LogP contribution in [0, 0.1) is 0 Å². The van der Waals surface area contributed by atoms with Crippen LogP contribution in [-0.2, 0) is 40.5 Å². The normalized spacial score (nSPS) is 13.9. The Morgan fingerprint density at radius 3 is 1.07 bits per heavy atom. The molecule has 0 aliphatic carbocycles. The molecule has 1 aromatic heterocycles. The van der Waals surface area contributed by atoms with Gasteiger partial charge in [-0.25, -0.2) is 0 Å². The number of rotatable bonds is 4. The van der Waals surface area contributed by atoms with Gasteiger partial charge in [0.1, 0.15) is 9.79 Å². The van der Waals surface area contributed by atoms with Crippen molar-refractivity contribution in [3.8, 4) is 0 Å². The number of fused-ring (bicyclic) bond motifs is 3. The predicted molar refractivity (Wildman–Crippen MR) is 95.1 cm³/mol. The summed E-state index contributed by atoms with van der Waals surface area (Å²) >= 11 is 0. The second-order valence-corrected chi connectivity index (χ2v) is 11.3. The summed E-state index contributed by atoms with van der Waals surface area (Å²) in [7, 11) is -20.3. The van der Waals surface area contributed by atoms with Crippen molar-refractivity contribution >= 4 is 62.3 Å². The Bertz CT molecular complexity index is 1510. The van der Waals surface area contributed by atoms with Crippen molar-refractivity contribution in [2.24, 2.45) is 0 Å². The van der Waals surface area contributed by atoms with Crippen LogP contribution in [0.5, 0.6) is 0 Å². The van der Waals surface area contributed by atoms with Gasteiger partial charge in [0.2, 0.25) is 0 Å². The molecule has 0 saturated heterocycles. The predicted octanol–water partition coefficient (Wildman–Crippen LogP) is 0.308. The van der Waals surface area contributed by atoms with Gasteiger partial charge in [0.15, 0.2) is 0 Å². The summed E-state index contributed by atoms with van der Waals surface area (Å²) in [4.78, 5) is -1.97. The molecule has 158 valence electrons. The monoisotopic (exact) mass is 487 g/mol. The van der Waals surface area contributed by atoms with Crippen molar-refractivity contribution in [1.82, 2.24) is 4.98 Å². The van der Waals surface area contributed by atoms with Crippen LogP contribution in [0.3, 0.4) is 0 Å². The summed E-state index contributed by atoms with van der Waals surface area (Å²) in [6.45, 7) is 0. The fourth-order valence-corrected chi connectivity index (χ4v) is 5.30. The molecule has 0 saturated carbocycles. The average molecular weight is 487 g/mol. The van der Waals surface area contributed by atoms with Gasteiger partial charge in [-0.3, -0.25) is 18.2 Å². The lowest BCUT2D eigenvalue weighted by Gasteiger charge is -2.04. The van der Waals surface area contributed by atoms with Crippen molar-refractivity contribution in [2.75, 3.05) is 0 Å². The molecule has 0 aliphatic heterocycles. The Hall–Kier alpha value is -2.12. The van der Waals surface area contributed by atoms with E-state index in [9.17, 15) is 51.9 Å². The maximum atomic E-state index is 11.7. The van der Waals surface area contributed by atoms with Gasteiger partial charge in [-0.15, -0.1) is 0 Å². The third-order valence-corrected chi connectivity index (χ3v) is 7.26. The number of hydrogen-bond donors (Lipinski definition) is 5. The lowest BCUT2D eigenvalue weighted by Crippen LogP contribution is -2.04. The molecule has 0 aliphatic rings. The molecule has 0 spiro atoms. The zero-order valence-electron chi connectivity index (χ0n) is 13.5. The van der Waals surface area contributed by atoms with E-state index in [4.69, 9.17) is 0 Å². The zero-order chi connectivity index (χ0) is 22.2. The van der Waals surface area contributed by atoms with Crippen LogP contribution < -0.4 is 0 Å². The number of H-pyrrole nitrogens is 1. The first-order valence-electron chi connectivity index (χ1n) is 6.94. The molecule has 0 unspecified atom stereocenters. The van der Waals surface area contributed by atoms with Crippen molar-refractivity contribution in [3.63, 3.8) is 0 Å². The van der Waals surface area contributed by atoms with Gasteiger partial charge in [0.05, 0.1) is 20.8 Å². The highest BCUT2D eigenvalue weighted by molar-refractivity contribution is 7.87. The zero-order valence-corrected chi connectivity index (χ0v) is 16.8. The van der Waals surface area contributed by atoms with E-state index in [1.807, 2.05) is 0 Å². The van der Waals surface area contributed by atoms with Crippen molar-refractivity contribution in [1.29, 1.82) is 0 Å². The van der Waals surface area contributed by atoms with E-state index < -0.39 is 81.9 Å². The summed E-state index contributed by atoms with van der Waals surface area (Å²) in [6, 6.07) is 2.08. The summed E-state index contributed by atoms with van der Waals surface area (Å²) in [5.74, 6) is 0. The van der Waals surface area contributed by atoms with Gasteiger partial charge in [-0.2, -0.15) is 33.7 Å². The van der Waals surface area contributed by atoms with Crippen LogP contribution in [0.1, 0.15) is 0 Å². The Labute approximate surface area is 163 Å². The second-order valence-electron chi connectivity index (χ2n) is 5.71.